The van der Waals surface area contributed by atoms with Crippen molar-refractivity contribution in [3.8, 4) is 22.4 Å². The van der Waals surface area contributed by atoms with Crippen LogP contribution in [0.3, 0.4) is 0 Å². The highest BCUT2D eigenvalue weighted by atomic mass is 16.4. The quantitative estimate of drug-likeness (QED) is 0.606. The molecule has 2 N–H and O–H groups in total. The van der Waals surface area contributed by atoms with Crippen LogP contribution in [0.4, 0.5) is 4.79 Å². The Labute approximate surface area is 165 Å². The maximum Gasteiger partial charge on any atom is 0.407 e. The van der Waals surface area contributed by atoms with Gasteiger partial charge in [0.25, 0.3) is 0 Å². The van der Waals surface area contributed by atoms with Crippen LogP contribution < -0.4 is 0 Å². The van der Waals surface area contributed by atoms with Crippen molar-refractivity contribution in [2.24, 2.45) is 5.92 Å². The maximum atomic E-state index is 11.5. The molecule has 1 aromatic heterocycles. The fourth-order valence-corrected chi connectivity index (χ4v) is 3.59. The predicted molar refractivity (Wildman–Crippen MR) is 110 cm³/mol. The molecule has 0 unspecified atom stereocenters. The first kappa shape index (κ1) is 18.3. The smallest absolute Gasteiger partial charge is 0.407 e. The molecule has 1 aliphatic rings. The Morgan fingerprint density at radius 1 is 1.04 bits per heavy atom. The van der Waals surface area contributed by atoms with Crippen LogP contribution in [-0.4, -0.2) is 39.2 Å². The number of nitrogens with one attached hydrogen (secondary N) is 1. The van der Waals surface area contributed by atoms with Crippen LogP contribution in [0.2, 0.25) is 0 Å². The van der Waals surface area contributed by atoms with Gasteiger partial charge in [0.05, 0.1) is 5.69 Å². The molecule has 144 valence electrons. The molecule has 0 bridgehead atoms. The third-order valence-electron chi connectivity index (χ3n) is 5.51. The second-order valence-corrected chi connectivity index (χ2v) is 7.45. The van der Waals surface area contributed by atoms with E-state index >= 15 is 0 Å². The van der Waals surface area contributed by atoms with Crippen molar-refractivity contribution >= 4 is 6.09 Å². The van der Waals surface area contributed by atoms with Gasteiger partial charge in [-0.1, -0.05) is 61.0 Å². The van der Waals surface area contributed by atoms with Gasteiger partial charge in [0.15, 0.2) is 0 Å². The fraction of sp³-hybridized carbons (Fsp3) is 0.304. The second kappa shape index (κ2) is 8.30. The number of aromatic nitrogens is 2. The van der Waals surface area contributed by atoms with Gasteiger partial charge in [-0.15, -0.1) is 0 Å². The van der Waals surface area contributed by atoms with Crippen molar-refractivity contribution in [2.45, 2.75) is 25.7 Å². The SMILES string of the molecule is O=C(O)N(CCc1nc(-c2ccc(-c3ccccc3)cc2)c[nH]1)CC1CCC1. The lowest BCUT2D eigenvalue weighted by molar-refractivity contribution is 0.125. The zero-order valence-corrected chi connectivity index (χ0v) is 15.8. The second-order valence-electron chi connectivity index (χ2n) is 7.45. The van der Waals surface area contributed by atoms with Crippen LogP contribution in [0.25, 0.3) is 22.4 Å². The summed E-state index contributed by atoms with van der Waals surface area (Å²) in [6.45, 7) is 1.12. The Bertz CT molecular complexity index is 915. The van der Waals surface area contributed by atoms with Gasteiger partial charge in [-0.05, 0) is 29.9 Å². The lowest BCUT2D eigenvalue weighted by Gasteiger charge is -2.30. The van der Waals surface area contributed by atoms with E-state index in [0.29, 0.717) is 25.4 Å². The maximum absolute atomic E-state index is 11.5. The molecule has 3 aromatic rings. The monoisotopic (exact) mass is 375 g/mol. The first-order valence-corrected chi connectivity index (χ1v) is 9.87. The Morgan fingerprint density at radius 2 is 1.71 bits per heavy atom. The third-order valence-corrected chi connectivity index (χ3v) is 5.51. The highest BCUT2D eigenvalue weighted by Gasteiger charge is 2.23. The lowest BCUT2D eigenvalue weighted by Crippen LogP contribution is -2.37. The van der Waals surface area contributed by atoms with E-state index in [9.17, 15) is 9.90 Å². The van der Waals surface area contributed by atoms with Gasteiger partial charge >= 0.3 is 6.09 Å². The minimum atomic E-state index is -0.838. The van der Waals surface area contributed by atoms with Crippen LogP contribution in [0, 0.1) is 5.92 Å². The molecule has 1 amide bonds. The number of carbonyl (C=O) groups is 1. The summed E-state index contributed by atoms with van der Waals surface area (Å²) in [4.78, 5) is 20.8. The van der Waals surface area contributed by atoms with E-state index in [2.05, 4.69) is 46.4 Å². The van der Waals surface area contributed by atoms with E-state index < -0.39 is 6.09 Å². The largest absolute Gasteiger partial charge is 0.465 e. The zero-order valence-electron chi connectivity index (χ0n) is 15.8. The number of imidazole rings is 1. The zero-order chi connectivity index (χ0) is 19.3. The van der Waals surface area contributed by atoms with Gasteiger partial charge < -0.3 is 15.0 Å². The van der Waals surface area contributed by atoms with Gasteiger partial charge in [-0.25, -0.2) is 9.78 Å². The Hall–Kier alpha value is -3.08. The fourth-order valence-electron chi connectivity index (χ4n) is 3.59. The predicted octanol–water partition coefficient (Wildman–Crippen LogP) is 5.07. The van der Waals surface area contributed by atoms with E-state index in [1.54, 1.807) is 0 Å². The minimum Gasteiger partial charge on any atom is -0.465 e. The first-order chi connectivity index (χ1) is 13.7. The number of H-pyrrole nitrogens is 1. The summed E-state index contributed by atoms with van der Waals surface area (Å²) < 4.78 is 0. The summed E-state index contributed by atoms with van der Waals surface area (Å²) in [5.74, 6) is 1.35. The molecule has 0 saturated heterocycles. The first-order valence-electron chi connectivity index (χ1n) is 9.87. The van der Waals surface area contributed by atoms with E-state index in [1.165, 1.54) is 22.4 Å². The third kappa shape index (κ3) is 4.25. The molecule has 0 aliphatic heterocycles. The summed E-state index contributed by atoms with van der Waals surface area (Å²) in [6, 6.07) is 18.6. The van der Waals surface area contributed by atoms with E-state index in [4.69, 9.17) is 0 Å². The number of hydrogen-bond donors (Lipinski definition) is 2. The molecule has 0 atom stereocenters. The van der Waals surface area contributed by atoms with Crippen molar-refractivity contribution in [1.82, 2.24) is 14.9 Å². The van der Waals surface area contributed by atoms with Crippen molar-refractivity contribution in [1.29, 1.82) is 0 Å². The molecule has 1 aliphatic carbocycles. The number of nitrogens with zero attached hydrogens (tertiary/aromatic N) is 2. The van der Waals surface area contributed by atoms with Crippen molar-refractivity contribution in [2.75, 3.05) is 13.1 Å². The average Bonchev–Trinajstić information content (AvgIpc) is 3.16. The van der Waals surface area contributed by atoms with Crippen LogP contribution >= 0.6 is 0 Å². The summed E-state index contributed by atoms with van der Waals surface area (Å²) in [5, 5.41) is 9.42. The number of hydrogen-bond acceptors (Lipinski definition) is 2. The molecular formula is C23H25N3O2. The van der Waals surface area contributed by atoms with Crippen LogP contribution in [0.5, 0.6) is 0 Å². The molecule has 28 heavy (non-hydrogen) atoms. The van der Waals surface area contributed by atoms with Crippen LogP contribution in [0.1, 0.15) is 25.1 Å². The van der Waals surface area contributed by atoms with Gasteiger partial charge in [0.1, 0.15) is 5.82 Å². The number of benzene rings is 2. The normalized spacial score (nSPS) is 13.9. The van der Waals surface area contributed by atoms with Crippen molar-refractivity contribution < 1.29 is 9.90 Å². The summed E-state index contributed by atoms with van der Waals surface area (Å²) in [6.07, 6.45) is 5.17. The van der Waals surface area contributed by atoms with Gasteiger partial charge in [-0.2, -0.15) is 0 Å². The topological polar surface area (TPSA) is 69.2 Å². The summed E-state index contributed by atoms with van der Waals surface area (Å²) in [5.41, 5.74) is 4.30. The van der Waals surface area contributed by atoms with E-state index in [0.717, 1.165) is 29.9 Å². The molecule has 0 radical (unpaired) electrons. The number of aromatic amines is 1. The van der Waals surface area contributed by atoms with Gasteiger partial charge in [0, 0.05) is 31.3 Å². The molecule has 1 heterocycles. The van der Waals surface area contributed by atoms with Crippen LogP contribution in [0.15, 0.2) is 60.8 Å². The highest BCUT2D eigenvalue weighted by Crippen LogP contribution is 2.27. The van der Waals surface area contributed by atoms with Crippen LogP contribution in [-0.2, 0) is 6.42 Å². The molecule has 5 nitrogen and oxygen atoms in total. The molecule has 2 aromatic carbocycles. The Kier molecular flexibility index (Phi) is 5.42. The van der Waals surface area contributed by atoms with E-state index in [-0.39, 0.29) is 0 Å². The Morgan fingerprint density at radius 3 is 2.36 bits per heavy atom. The Balaban J connectivity index is 1.39. The highest BCUT2D eigenvalue weighted by molar-refractivity contribution is 5.68. The minimum absolute atomic E-state index is 0.478. The molecule has 4 rings (SSSR count). The molecule has 1 fully saturated rings. The van der Waals surface area contributed by atoms with Crippen molar-refractivity contribution in [3.63, 3.8) is 0 Å². The molecule has 1 saturated carbocycles. The average molecular weight is 375 g/mol. The standard InChI is InChI=1S/C23H25N3O2/c27-23(28)26(16-17-5-4-6-17)14-13-22-24-15-21(25-22)20-11-9-19(10-12-20)18-7-2-1-3-8-18/h1-3,7-12,15,17H,4-6,13-14,16H2,(H,24,25)(H,27,28). The lowest BCUT2D eigenvalue weighted by atomic mass is 9.85. The van der Waals surface area contributed by atoms with E-state index in [1.807, 2.05) is 24.4 Å². The molecule has 0 spiro atoms. The number of rotatable bonds is 7. The number of amides is 1. The summed E-state index contributed by atoms with van der Waals surface area (Å²) in [7, 11) is 0. The summed E-state index contributed by atoms with van der Waals surface area (Å²) >= 11 is 0. The molecular weight excluding hydrogens is 350 g/mol. The van der Waals surface area contributed by atoms with Gasteiger partial charge in [-0.3, -0.25) is 0 Å². The number of carboxylic acid groups (broad SMARTS) is 1. The van der Waals surface area contributed by atoms with Gasteiger partial charge in [0.2, 0.25) is 0 Å². The molecule has 5 heteroatoms. The van der Waals surface area contributed by atoms with Crippen molar-refractivity contribution in [3.05, 3.63) is 66.6 Å².